The number of benzene rings is 1. The van der Waals surface area contributed by atoms with Gasteiger partial charge in [-0.1, -0.05) is 12.1 Å². The van der Waals surface area contributed by atoms with Crippen LogP contribution in [0.5, 0.6) is 5.88 Å². The molecule has 0 atom stereocenters. The van der Waals surface area contributed by atoms with Crippen LogP contribution in [0.15, 0.2) is 30.3 Å². The summed E-state index contributed by atoms with van der Waals surface area (Å²) >= 11 is 0. The predicted octanol–water partition coefficient (Wildman–Crippen LogP) is 1.69. The monoisotopic (exact) mass is 515 g/mol. The number of ether oxygens (including phenoxy) is 2. The highest BCUT2D eigenvalue weighted by Crippen LogP contribution is 2.30. The van der Waals surface area contributed by atoms with Crippen molar-refractivity contribution in [2.75, 3.05) is 50.9 Å². The molecule has 37 heavy (non-hydrogen) atoms. The van der Waals surface area contributed by atoms with Crippen molar-refractivity contribution in [3.63, 3.8) is 0 Å². The molecule has 2 aliphatic heterocycles. The second kappa shape index (κ2) is 10.6. The summed E-state index contributed by atoms with van der Waals surface area (Å²) in [7, 11) is 0. The highest BCUT2D eigenvalue weighted by atomic mass is 19.3. The van der Waals surface area contributed by atoms with Crippen LogP contribution in [0, 0.1) is 5.92 Å². The lowest BCUT2D eigenvalue weighted by molar-refractivity contribution is -0.139. The van der Waals surface area contributed by atoms with Gasteiger partial charge in [-0.2, -0.15) is 9.97 Å². The van der Waals surface area contributed by atoms with Gasteiger partial charge in [-0.25, -0.2) is 13.8 Å². The van der Waals surface area contributed by atoms with Crippen LogP contribution in [-0.2, 0) is 14.3 Å². The van der Waals surface area contributed by atoms with Gasteiger partial charge in [0.05, 0.1) is 30.9 Å². The number of para-hydroxylation sites is 2. The number of likely N-dealkylation sites (tertiary alicyclic amines) is 1. The molecule has 2 aromatic heterocycles. The van der Waals surface area contributed by atoms with E-state index < -0.39 is 18.2 Å². The molecular weight excluding hydrogens is 488 g/mol. The van der Waals surface area contributed by atoms with Crippen molar-refractivity contribution in [3.8, 4) is 11.7 Å². The Morgan fingerprint density at radius 1 is 1.11 bits per heavy atom. The minimum atomic E-state index is -2.81. The summed E-state index contributed by atoms with van der Waals surface area (Å²) in [4.78, 5) is 39.8. The summed E-state index contributed by atoms with van der Waals surface area (Å²) in [6.07, 6.45) is -2.70. The molecule has 13 heteroatoms. The van der Waals surface area contributed by atoms with E-state index in [-0.39, 0.29) is 43.0 Å². The number of imidazole rings is 1. The van der Waals surface area contributed by atoms with Crippen LogP contribution < -0.4 is 15.4 Å². The molecule has 0 unspecified atom stereocenters. The molecule has 4 heterocycles. The third kappa shape index (κ3) is 5.45. The fourth-order valence-corrected chi connectivity index (χ4v) is 4.40. The normalized spacial score (nSPS) is 16.3. The number of aromatic nitrogens is 4. The Balaban J connectivity index is 1.38. The highest BCUT2D eigenvalue weighted by molar-refractivity contribution is 5.83. The van der Waals surface area contributed by atoms with Crippen molar-refractivity contribution in [1.82, 2.24) is 24.4 Å². The average Bonchev–Trinajstić information content (AvgIpc) is 3.27. The first-order valence-corrected chi connectivity index (χ1v) is 12.1. The van der Waals surface area contributed by atoms with Gasteiger partial charge in [-0.05, 0) is 12.1 Å². The number of halogens is 2. The van der Waals surface area contributed by atoms with Crippen LogP contribution in [0.1, 0.15) is 25.1 Å². The van der Waals surface area contributed by atoms with E-state index >= 15 is 0 Å². The number of alkyl halides is 2. The Hall–Kier alpha value is -3.87. The predicted molar refractivity (Wildman–Crippen MR) is 129 cm³/mol. The lowest BCUT2D eigenvalue weighted by Crippen LogP contribution is -2.52. The minimum Gasteiger partial charge on any atom is -0.477 e. The molecule has 11 nitrogen and oxygen atoms in total. The average molecular weight is 516 g/mol. The Bertz CT molecular complexity index is 1290. The van der Waals surface area contributed by atoms with Gasteiger partial charge >= 0.3 is 0 Å². The summed E-state index contributed by atoms with van der Waals surface area (Å²) in [5, 5.41) is 0. The number of hydrogen-bond acceptors (Lipinski definition) is 8. The van der Waals surface area contributed by atoms with Crippen LogP contribution in [0.25, 0.3) is 16.9 Å². The molecule has 2 fully saturated rings. The van der Waals surface area contributed by atoms with Gasteiger partial charge in [0.2, 0.25) is 23.6 Å². The number of primary amides is 1. The topological polar surface area (TPSA) is 129 Å². The van der Waals surface area contributed by atoms with Crippen molar-refractivity contribution >= 4 is 28.8 Å². The summed E-state index contributed by atoms with van der Waals surface area (Å²) in [5.41, 5.74) is 6.04. The quantitative estimate of drug-likeness (QED) is 0.456. The Kier molecular flexibility index (Phi) is 7.12. The van der Waals surface area contributed by atoms with E-state index in [1.165, 1.54) is 10.6 Å². The van der Waals surface area contributed by atoms with E-state index in [1.807, 2.05) is 4.90 Å². The van der Waals surface area contributed by atoms with Crippen molar-refractivity contribution < 1.29 is 27.8 Å². The maximum atomic E-state index is 14.0. The summed E-state index contributed by atoms with van der Waals surface area (Å²) in [6, 6.07) is 8.40. The van der Waals surface area contributed by atoms with Crippen LogP contribution in [0.4, 0.5) is 14.7 Å². The molecule has 0 aliphatic carbocycles. The third-order valence-electron chi connectivity index (χ3n) is 6.34. The number of morpholine rings is 1. The number of carbonyl (C=O) groups excluding carboxylic acids is 2. The molecule has 196 valence electrons. The fourth-order valence-electron chi connectivity index (χ4n) is 4.40. The smallest absolute Gasteiger partial charge is 0.296 e. The van der Waals surface area contributed by atoms with Gasteiger partial charge in [0.25, 0.3) is 6.43 Å². The standard InChI is InChI=1S/C24H27F2N7O4/c25-22(26)23-28-16-3-1-2-4-17(16)33(23)19-11-20(30-24(29-19)31-7-9-36-10-8-31)37-14-15-12-32(13-15)21(35)6-5-18(27)34/h1-4,11,15,22H,5-10,12-14H2,(H2,27,34). The molecule has 0 bridgehead atoms. The molecule has 2 amide bonds. The van der Waals surface area contributed by atoms with E-state index in [0.717, 1.165) is 0 Å². The van der Waals surface area contributed by atoms with Crippen molar-refractivity contribution in [2.24, 2.45) is 11.7 Å². The van der Waals surface area contributed by atoms with Crippen LogP contribution in [0.3, 0.4) is 0 Å². The van der Waals surface area contributed by atoms with Crippen LogP contribution in [-0.4, -0.2) is 82.2 Å². The molecule has 3 aromatic rings. The molecule has 0 saturated carbocycles. The number of nitrogens with two attached hydrogens (primary N) is 1. The van der Waals surface area contributed by atoms with Gasteiger partial charge in [0.1, 0.15) is 5.82 Å². The first-order chi connectivity index (χ1) is 17.9. The van der Waals surface area contributed by atoms with E-state index in [2.05, 4.69) is 15.0 Å². The Morgan fingerprint density at radius 3 is 2.59 bits per heavy atom. The Morgan fingerprint density at radius 2 is 1.86 bits per heavy atom. The van der Waals surface area contributed by atoms with E-state index in [1.54, 1.807) is 29.2 Å². The molecule has 2 saturated heterocycles. The molecule has 1 aromatic carbocycles. The van der Waals surface area contributed by atoms with Crippen LogP contribution >= 0.6 is 0 Å². The van der Waals surface area contributed by atoms with Gasteiger partial charge in [-0.3, -0.25) is 14.2 Å². The van der Waals surface area contributed by atoms with Crippen molar-refractivity contribution in [1.29, 1.82) is 0 Å². The van der Waals surface area contributed by atoms with Gasteiger partial charge in [0.15, 0.2) is 5.82 Å². The zero-order chi connectivity index (χ0) is 25.9. The van der Waals surface area contributed by atoms with E-state index in [4.69, 9.17) is 15.2 Å². The molecule has 2 N–H and O–H groups in total. The molecule has 0 spiro atoms. The molecule has 2 aliphatic rings. The van der Waals surface area contributed by atoms with Crippen molar-refractivity contribution in [2.45, 2.75) is 19.3 Å². The second-order valence-corrected chi connectivity index (χ2v) is 9.00. The first-order valence-electron chi connectivity index (χ1n) is 12.1. The van der Waals surface area contributed by atoms with E-state index in [0.29, 0.717) is 56.4 Å². The van der Waals surface area contributed by atoms with Gasteiger partial charge in [-0.15, -0.1) is 0 Å². The van der Waals surface area contributed by atoms with Crippen molar-refractivity contribution in [3.05, 3.63) is 36.2 Å². The number of hydrogen-bond donors (Lipinski definition) is 1. The number of anilines is 1. The van der Waals surface area contributed by atoms with Crippen LogP contribution in [0.2, 0.25) is 0 Å². The lowest BCUT2D eigenvalue weighted by Gasteiger charge is -2.39. The molecule has 0 radical (unpaired) electrons. The zero-order valence-corrected chi connectivity index (χ0v) is 20.1. The lowest BCUT2D eigenvalue weighted by atomic mass is 10.0. The third-order valence-corrected chi connectivity index (χ3v) is 6.34. The Labute approximate surface area is 211 Å². The zero-order valence-electron chi connectivity index (χ0n) is 20.1. The molecule has 5 rings (SSSR count). The number of carbonyl (C=O) groups is 2. The summed E-state index contributed by atoms with van der Waals surface area (Å²) in [6.45, 7) is 3.39. The number of amides is 2. The first kappa shape index (κ1) is 24.8. The molecular formula is C24H27F2N7O4. The summed E-state index contributed by atoms with van der Waals surface area (Å²) < 4.78 is 40.7. The summed E-state index contributed by atoms with van der Waals surface area (Å²) in [5.74, 6) is -0.150. The largest absolute Gasteiger partial charge is 0.477 e. The highest BCUT2D eigenvalue weighted by Gasteiger charge is 2.31. The van der Waals surface area contributed by atoms with E-state index in [9.17, 15) is 18.4 Å². The number of fused-ring (bicyclic) bond motifs is 1. The maximum Gasteiger partial charge on any atom is 0.296 e. The second-order valence-electron chi connectivity index (χ2n) is 9.00. The number of nitrogens with zero attached hydrogens (tertiary/aromatic N) is 6. The van der Waals surface area contributed by atoms with Gasteiger partial charge < -0.3 is 25.0 Å². The fraction of sp³-hybridized carbons (Fsp3) is 0.458. The minimum absolute atomic E-state index is 0.0219. The maximum absolute atomic E-state index is 14.0. The number of rotatable bonds is 9. The SMILES string of the molecule is NC(=O)CCC(=O)N1CC(COc2cc(-n3c(C(F)F)nc4ccccc43)nc(N3CCOCC3)n2)C1. The van der Waals surface area contributed by atoms with Gasteiger partial charge in [0, 0.05) is 51.0 Å².